The third kappa shape index (κ3) is 7.06. The summed E-state index contributed by atoms with van der Waals surface area (Å²) in [4.78, 5) is 18.6. The normalized spacial score (nSPS) is 16.7. The van der Waals surface area contributed by atoms with Crippen molar-refractivity contribution in [1.82, 2.24) is 15.5 Å². The molecule has 1 aliphatic heterocycles. The Bertz CT molecular complexity index is 594. The molecule has 0 aliphatic carbocycles. The number of hydrogen-bond acceptors (Lipinski definition) is 3. The lowest BCUT2D eigenvalue weighted by Crippen LogP contribution is -2.42. The van der Waals surface area contributed by atoms with Gasteiger partial charge in [0.05, 0.1) is 18.7 Å². The van der Waals surface area contributed by atoms with E-state index in [9.17, 15) is 9.18 Å². The summed E-state index contributed by atoms with van der Waals surface area (Å²) in [5.41, 5.74) is 0.0525. The molecule has 1 fully saturated rings. The Labute approximate surface area is 171 Å². The summed E-state index contributed by atoms with van der Waals surface area (Å²) < 4.78 is 19.0. The number of nitrogens with zero attached hydrogens (tertiary/aromatic N) is 2. The monoisotopic (exact) mass is 478 g/mol. The van der Waals surface area contributed by atoms with E-state index in [-0.39, 0.29) is 29.5 Å². The van der Waals surface area contributed by atoms with Crippen molar-refractivity contribution in [1.29, 1.82) is 0 Å². The Hall–Kier alpha value is -1.42. The van der Waals surface area contributed by atoms with E-state index in [2.05, 4.69) is 20.5 Å². The molecule has 0 spiro atoms. The van der Waals surface area contributed by atoms with E-state index in [1.165, 1.54) is 12.1 Å². The number of ether oxygens (including phenoxy) is 1. The van der Waals surface area contributed by atoms with E-state index in [0.717, 1.165) is 38.7 Å². The highest BCUT2D eigenvalue weighted by Gasteiger charge is 2.19. The number of amides is 1. The molecule has 146 valence electrons. The van der Waals surface area contributed by atoms with Crippen LogP contribution in [0.5, 0.6) is 0 Å². The Morgan fingerprint density at radius 3 is 2.81 bits per heavy atom. The number of guanidine groups is 1. The highest BCUT2D eigenvalue weighted by Crippen LogP contribution is 2.13. The Balaban J connectivity index is 0.00000338. The lowest BCUT2D eigenvalue weighted by molar-refractivity contribution is 0.0950. The van der Waals surface area contributed by atoms with Crippen molar-refractivity contribution in [3.05, 3.63) is 35.6 Å². The largest absolute Gasteiger partial charge is 0.381 e. The lowest BCUT2D eigenvalue weighted by atomic mass is 10.1. The van der Waals surface area contributed by atoms with Crippen LogP contribution in [0.25, 0.3) is 0 Å². The van der Waals surface area contributed by atoms with Gasteiger partial charge in [0.15, 0.2) is 5.96 Å². The van der Waals surface area contributed by atoms with E-state index in [4.69, 9.17) is 4.74 Å². The molecule has 0 saturated carbocycles. The first-order chi connectivity index (χ1) is 12.1. The maximum atomic E-state index is 13.6. The van der Waals surface area contributed by atoms with Crippen molar-refractivity contribution in [2.75, 3.05) is 46.4 Å². The van der Waals surface area contributed by atoms with E-state index in [1.807, 2.05) is 14.0 Å². The smallest absolute Gasteiger partial charge is 0.254 e. The average molecular weight is 478 g/mol. The summed E-state index contributed by atoms with van der Waals surface area (Å²) in [6.45, 7) is 6.06. The van der Waals surface area contributed by atoms with Gasteiger partial charge in [0, 0.05) is 39.2 Å². The predicted octanol–water partition coefficient (Wildman–Crippen LogP) is 2.11. The van der Waals surface area contributed by atoms with Gasteiger partial charge in [-0.1, -0.05) is 12.1 Å². The zero-order valence-electron chi connectivity index (χ0n) is 15.3. The molecule has 26 heavy (non-hydrogen) atoms. The van der Waals surface area contributed by atoms with Gasteiger partial charge in [-0.05, 0) is 25.5 Å². The van der Waals surface area contributed by atoms with Crippen LogP contribution in [0.3, 0.4) is 0 Å². The first kappa shape index (κ1) is 22.6. The fourth-order valence-corrected chi connectivity index (χ4v) is 2.74. The minimum absolute atomic E-state index is 0. The van der Waals surface area contributed by atoms with Crippen molar-refractivity contribution in [2.45, 2.75) is 13.3 Å². The van der Waals surface area contributed by atoms with Crippen LogP contribution in [-0.2, 0) is 4.74 Å². The molecule has 0 radical (unpaired) electrons. The molecule has 0 bridgehead atoms. The van der Waals surface area contributed by atoms with Crippen molar-refractivity contribution >= 4 is 35.8 Å². The van der Waals surface area contributed by atoms with Crippen molar-refractivity contribution in [2.24, 2.45) is 10.9 Å². The van der Waals surface area contributed by atoms with E-state index < -0.39 is 11.7 Å². The topological polar surface area (TPSA) is 66.0 Å². The standard InChI is InChI=1S/C18H27FN4O2.HI/c1-3-20-18(23(2)12-14-8-11-25-13-14)22-10-9-21-17(24)15-6-4-5-7-16(15)19;/h4-7,14H,3,8-13H2,1-2H3,(H,20,22)(H,21,24);1H. The van der Waals surface area contributed by atoms with Gasteiger partial charge in [0.2, 0.25) is 0 Å². The second kappa shape index (κ2) is 12.1. The zero-order chi connectivity index (χ0) is 18.1. The van der Waals surface area contributed by atoms with Crippen LogP contribution in [0, 0.1) is 11.7 Å². The minimum atomic E-state index is -0.518. The molecule has 0 aromatic heterocycles. The van der Waals surface area contributed by atoms with Crippen molar-refractivity contribution < 1.29 is 13.9 Å². The summed E-state index contributed by atoms with van der Waals surface area (Å²) in [5, 5.41) is 5.94. The number of halogens is 2. The molecule has 1 heterocycles. The number of hydrogen-bond donors (Lipinski definition) is 2. The van der Waals surface area contributed by atoms with Gasteiger partial charge >= 0.3 is 0 Å². The van der Waals surface area contributed by atoms with Crippen molar-refractivity contribution in [3.8, 4) is 0 Å². The van der Waals surface area contributed by atoms with Gasteiger partial charge in [0.1, 0.15) is 5.82 Å². The third-order valence-corrected chi connectivity index (χ3v) is 4.03. The van der Waals surface area contributed by atoms with Crippen LogP contribution < -0.4 is 10.6 Å². The predicted molar refractivity (Wildman–Crippen MR) is 112 cm³/mol. The molecule has 1 amide bonds. The van der Waals surface area contributed by atoms with Crippen LogP contribution >= 0.6 is 24.0 Å². The number of benzene rings is 1. The first-order valence-electron chi connectivity index (χ1n) is 8.71. The number of rotatable bonds is 7. The summed E-state index contributed by atoms with van der Waals surface area (Å²) in [6.07, 6.45) is 1.07. The van der Waals surface area contributed by atoms with Gasteiger partial charge in [-0.2, -0.15) is 0 Å². The second-order valence-corrected chi connectivity index (χ2v) is 6.08. The molecule has 1 atom stereocenters. The van der Waals surface area contributed by atoms with Crippen LogP contribution in [0.1, 0.15) is 23.7 Å². The summed E-state index contributed by atoms with van der Waals surface area (Å²) in [5.74, 6) is 0.384. The molecule has 1 aromatic rings. The second-order valence-electron chi connectivity index (χ2n) is 6.08. The fourth-order valence-electron chi connectivity index (χ4n) is 2.74. The molecular weight excluding hydrogens is 450 g/mol. The fraction of sp³-hybridized carbons (Fsp3) is 0.556. The van der Waals surface area contributed by atoms with Gasteiger partial charge in [-0.3, -0.25) is 9.79 Å². The molecule has 8 heteroatoms. The minimum Gasteiger partial charge on any atom is -0.381 e. The molecule has 2 N–H and O–H groups in total. The Kier molecular flexibility index (Phi) is 10.5. The summed E-state index contributed by atoms with van der Waals surface area (Å²) >= 11 is 0. The van der Waals surface area contributed by atoms with E-state index in [0.29, 0.717) is 19.0 Å². The van der Waals surface area contributed by atoms with Crippen molar-refractivity contribution in [3.63, 3.8) is 0 Å². The number of carbonyl (C=O) groups is 1. The van der Waals surface area contributed by atoms with Gasteiger partial charge in [0.25, 0.3) is 5.91 Å². The van der Waals surface area contributed by atoms with Crippen LogP contribution in [-0.4, -0.2) is 63.2 Å². The first-order valence-corrected chi connectivity index (χ1v) is 8.71. The van der Waals surface area contributed by atoms with Crippen LogP contribution in [0.15, 0.2) is 29.3 Å². The van der Waals surface area contributed by atoms with Gasteiger partial charge < -0.3 is 20.3 Å². The summed E-state index contributed by atoms with van der Waals surface area (Å²) in [7, 11) is 2.00. The SMILES string of the molecule is CCNC(=NCCNC(=O)c1ccccc1F)N(C)CC1CCOC1.I. The quantitative estimate of drug-likeness (QED) is 0.273. The Morgan fingerprint density at radius 2 is 2.15 bits per heavy atom. The molecule has 1 aliphatic rings. The highest BCUT2D eigenvalue weighted by atomic mass is 127. The molecule has 1 unspecified atom stereocenters. The van der Waals surface area contributed by atoms with Gasteiger partial charge in [-0.15, -0.1) is 24.0 Å². The maximum Gasteiger partial charge on any atom is 0.254 e. The van der Waals surface area contributed by atoms with Gasteiger partial charge in [-0.25, -0.2) is 4.39 Å². The maximum absolute atomic E-state index is 13.6. The highest BCUT2D eigenvalue weighted by molar-refractivity contribution is 14.0. The molecule has 6 nitrogen and oxygen atoms in total. The lowest BCUT2D eigenvalue weighted by Gasteiger charge is -2.24. The number of carbonyl (C=O) groups excluding carboxylic acids is 1. The number of aliphatic imine (C=N–C) groups is 1. The van der Waals surface area contributed by atoms with Crippen LogP contribution in [0.4, 0.5) is 4.39 Å². The van der Waals surface area contributed by atoms with E-state index in [1.54, 1.807) is 12.1 Å². The Morgan fingerprint density at radius 1 is 1.38 bits per heavy atom. The molecule has 1 aromatic carbocycles. The summed E-state index contributed by atoms with van der Waals surface area (Å²) in [6, 6.07) is 5.94. The average Bonchev–Trinajstić information content (AvgIpc) is 3.10. The molecular formula is C18H28FIN4O2. The molecule has 2 rings (SSSR count). The molecule has 1 saturated heterocycles. The number of nitrogens with one attached hydrogen (secondary N) is 2. The van der Waals surface area contributed by atoms with E-state index >= 15 is 0 Å². The zero-order valence-corrected chi connectivity index (χ0v) is 17.7. The van der Waals surface area contributed by atoms with Crippen LogP contribution in [0.2, 0.25) is 0 Å². The third-order valence-electron chi connectivity index (χ3n) is 4.03.